The van der Waals surface area contributed by atoms with Crippen molar-refractivity contribution in [2.45, 2.75) is 13.1 Å². The predicted octanol–water partition coefficient (Wildman–Crippen LogP) is 3.67. The van der Waals surface area contributed by atoms with Gasteiger partial charge < -0.3 is 0 Å². The molecule has 0 aromatic carbocycles. The topological polar surface area (TPSA) is 25.8 Å². The largest absolute Gasteiger partial charge is 0.418 e. The molecule has 0 atom stereocenters. The smallest absolute Gasteiger partial charge is 0.239 e. The van der Waals surface area contributed by atoms with Crippen LogP contribution in [0.4, 0.5) is 13.2 Å². The van der Waals surface area contributed by atoms with E-state index < -0.39 is 11.7 Å². The Morgan fingerprint density at radius 3 is 2.60 bits per heavy atom. The Morgan fingerprint density at radius 1 is 1.33 bits per heavy atom. The van der Waals surface area contributed by atoms with Gasteiger partial charge in [0.15, 0.2) is 0 Å². The molecule has 0 aliphatic rings. The van der Waals surface area contributed by atoms with Crippen molar-refractivity contribution in [2.24, 2.45) is 0 Å². The summed E-state index contributed by atoms with van der Waals surface area (Å²) in [6, 6.07) is 0.795. The zero-order chi connectivity index (χ0) is 11.2. The normalized spacial score (nSPS) is 12.3. The van der Waals surface area contributed by atoms with Crippen LogP contribution in [-0.4, -0.2) is 9.97 Å². The maximum atomic E-state index is 12.6. The summed E-state index contributed by atoms with van der Waals surface area (Å²) in [5, 5.41) is 0.365. The number of thiazole rings is 1. The van der Waals surface area contributed by atoms with Crippen LogP contribution in [0.3, 0.4) is 0 Å². The third-order valence-electron chi connectivity index (χ3n) is 1.75. The lowest BCUT2D eigenvalue weighted by Crippen LogP contribution is -2.06. The average Bonchev–Trinajstić information content (AvgIpc) is 2.41. The van der Waals surface area contributed by atoms with Crippen molar-refractivity contribution >= 4 is 33.3 Å². The van der Waals surface area contributed by atoms with Crippen LogP contribution in [0, 0.1) is 6.92 Å². The van der Waals surface area contributed by atoms with Crippen molar-refractivity contribution in [3.63, 3.8) is 0 Å². The van der Waals surface area contributed by atoms with Crippen LogP contribution in [0.5, 0.6) is 0 Å². The van der Waals surface area contributed by atoms with Gasteiger partial charge in [0.05, 0.1) is 10.6 Å². The van der Waals surface area contributed by atoms with E-state index >= 15 is 0 Å². The Bertz CT molecular complexity index is 520. The summed E-state index contributed by atoms with van der Waals surface area (Å²) in [4.78, 5) is 7.81. The number of pyridine rings is 1. The van der Waals surface area contributed by atoms with E-state index in [2.05, 4.69) is 9.97 Å². The molecule has 2 aromatic rings. The van der Waals surface area contributed by atoms with Crippen molar-refractivity contribution in [2.75, 3.05) is 0 Å². The SMILES string of the molecule is Cc1nc2c(C(F)(F)F)cc(Cl)nc2s1. The maximum Gasteiger partial charge on any atom is 0.418 e. The highest BCUT2D eigenvalue weighted by atomic mass is 35.5. The number of alkyl halides is 3. The van der Waals surface area contributed by atoms with Crippen LogP contribution in [0.15, 0.2) is 6.07 Å². The van der Waals surface area contributed by atoms with Gasteiger partial charge >= 0.3 is 6.18 Å². The number of nitrogens with zero attached hydrogens (tertiary/aromatic N) is 2. The number of halogens is 4. The Kier molecular flexibility index (Phi) is 2.35. The van der Waals surface area contributed by atoms with Crippen molar-refractivity contribution < 1.29 is 13.2 Å². The van der Waals surface area contributed by atoms with Gasteiger partial charge in [0.1, 0.15) is 15.5 Å². The zero-order valence-corrected chi connectivity index (χ0v) is 8.96. The Hall–Kier alpha value is -0.880. The minimum Gasteiger partial charge on any atom is -0.239 e. The van der Waals surface area contributed by atoms with Crippen molar-refractivity contribution in [1.29, 1.82) is 0 Å². The fourth-order valence-corrected chi connectivity index (χ4v) is 2.26. The van der Waals surface area contributed by atoms with E-state index in [0.29, 0.717) is 5.01 Å². The maximum absolute atomic E-state index is 12.6. The van der Waals surface area contributed by atoms with Crippen molar-refractivity contribution in [1.82, 2.24) is 9.97 Å². The average molecular weight is 253 g/mol. The van der Waals surface area contributed by atoms with Gasteiger partial charge in [0.2, 0.25) is 0 Å². The molecule has 0 unspecified atom stereocenters. The van der Waals surface area contributed by atoms with E-state index in [9.17, 15) is 13.2 Å². The van der Waals surface area contributed by atoms with E-state index in [1.54, 1.807) is 6.92 Å². The summed E-state index contributed by atoms with van der Waals surface area (Å²) < 4.78 is 37.8. The number of hydrogen-bond acceptors (Lipinski definition) is 3. The van der Waals surface area contributed by atoms with Gasteiger partial charge in [-0.05, 0) is 13.0 Å². The highest BCUT2D eigenvalue weighted by Gasteiger charge is 2.34. The van der Waals surface area contributed by atoms with Crippen LogP contribution in [-0.2, 0) is 6.18 Å². The molecule has 0 amide bonds. The molecule has 0 aliphatic carbocycles. The van der Waals surface area contributed by atoms with Crippen LogP contribution >= 0.6 is 22.9 Å². The van der Waals surface area contributed by atoms with Crippen molar-refractivity contribution in [3.05, 3.63) is 21.8 Å². The molecule has 0 bridgehead atoms. The third-order valence-corrected chi connectivity index (χ3v) is 2.81. The second-order valence-electron chi connectivity index (χ2n) is 2.88. The van der Waals surface area contributed by atoms with E-state index in [4.69, 9.17) is 11.6 Å². The molecule has 2 rings (SSSR count). The van der Waals surface area contributed by atoms with E-state index in [1.165, 1.54) is 0 Å². The minimum atomic E-state index is -4.45. The number of aromatic nitrogens is 2. The van der Waals surface area contributed by atoms with E-state index in [-0.39, 0.29) is 15.5 Å². The summed E-state index contributed by atoms with van der Waals surface area (Å²) >= 11 is 6.60. The van der Waals surface area contributed by atoms with Crippen LogP contribution < -0.4 is 0 Å². The first-order valence-corrected chi connectivity index (χ1v) is 5.08. The molecular weight excluding hydrogens is 249 g/mol. The van der Waals surface area contributed by atoms with Crippen LogP contribution in [0.2, 0.25) is 5.15 Å². The summed E-state index contributed by atoms with van der Waals surface area (Å²) in [6.45, 7) is 1.63. The monoisotopic (exact) mass is 252 g/mol. The third kappa shape index (κ3) is 1.91. The van der Waals surface area contributed by atoms with Gasteiger partial charge in [-0.2, -0.15) is 13.2 Å². The first-order valence-electron chi connectivity index (χ1n) is 3.89. The molecule has 0 saturated heterocycles. The first-order chi connectivity index (χ1) is 6.88. The van der Waals surface area contributed by atoms with Gasteiger partial charge in [-0.1, -0.05) is 22.9 Å². The number of aryl methyl sites for hydroxylation is 1. The fraction of sp³-hybridized carbons (Fsp3) is 0.250. The molecule has 2 nitrogen and oxygen atoms in total. The Balaban J connectivity index is 2.82. The number of fused-ring (bicyclic) bond motifs is 1. The lowest BCUT2D eigenvalue weighted by molar-refractivity contribution is -0.136. The zero-order valence-electron chi connectivity index (χ0n) is 7.39. The number of hydrogen-bond donors (Lipinski definition) is 0. The van der Waals surface area contributed by atoms with Gasteiger partial charge in [0.25, 0.3) is 0 Å². The van der Waals surface area contributed by atoms with Crippen LogP contribution in [0.1, 0.15) is 10.6 Å². The standard InChI is InChI=1S/C8H4ClF3N2S/c1-3-13-6-4(8(10,11)12)2-5(9)14-7(6)15-3/h2H,1H3. The van der Waals surface area contributed by atoms with Gasteiger partial charge in [0, 0.05) is 0 Å². The minimum absolute atomic E-state index is 0.130. The van der Waals surface area contributed by atoms with Crippen LogP contribution in [0.25, 0.3) is 10.3 Å². The number of rotatable bonds is 0. The molecule has 7 heteroatoms. The Labute approximate surface area is 91.7 Å². The lowest BCUT2D eigenvalue weighted by Gasteiger charge is -2.06. The summed E-state index contributed by atoms with van der Waals surface area (Å²) in [6.07, 6.45) is -4.45. The second-order valence-corrected chi connectivity index (χ2v) is 4.45. The summed E-state index contributed by atoms with van der Waals surface area (Å²) in [5.74, 6) is 0. The van der Waals surface area contributed by atoms with Gasteiger partial charge in [-0.15, -0.1) is 0 Å². The molecule has 80 valence electrons. The molecule has 15 heavy (non-hydrogen) atoms. The van der Waals surface area contributed by atoms with E-state index in [0.717, 1.165) is 17.4 Å². The second kappa shape index (κ2) is 3.31. The Morgan fingerprint density at radius 2 is 2.00 bits per heavy atom. The van der Waals surface area contributed by atoms with E-state index in [1.807, 2.05) is 0 Å². The fourth-order valence-electron chi connectivity index (χ4n) is 1.20. The molecular formula is C8H4ClF3N2S. The molecule has 0 radical (unpaired) electrons. The summed E-state index contributed by atoms with van der Waals surface area (Å²) in [5.41, 5.74) is -0.962. The quantitative estimate of drug-likeness (QED) is 0.669. The molecule has 0 fully saturated rings. The van der Waals surface area contributed by atoms with Gasteiger partial charge in [-0.25, -0.2) is 9.97 Å². The highest BCUT2D eigenvalue weighted by Crippen LogP contribution is 2.36. The molecule has 0 N–H and O–H groups in total. The molecule has 2 aromatic heterocycles. The molecule has 0 spiro atoms. The molecule has 0 aliphatic heterocycles. The first kappa shape index (κ1) is 10.6. The summed E-state index contributed by atoms with van der Waals surface area (Å²) in [7, 11) is 0. The molecule has 2 heterocycles. The molecule has 0 saturated carbocycles. The highest BCUT2D eigenvalue weighted by molar-refractivity contribution is 7.18. The van der Waals surface area contributed by atoms with Gasteiger partial charge in [-0.3, -0.25) is 0 Å². The predicted molar refractivity (Wildman–Crippen MR) is 52.2 cm³/mol. The lowest BCUT2D eigenvalue weighted by atomic mass is 10.2. The van der Waals surface area contributed by atoms with Crippen molar-refractivity contribution in [3.8, 4) is 0 Å².